The fourth-order valence-electron chi connectivity index (χ4n) is 3.58. The number of nitrogens with zero attached hydrogens (tertiary/aromatic N) is 3. The third-order valence-electron chi connectivity index (χ3n) is 5.55. The standard InChI is InChI=1S/C22H26F3N3O6/c1-13-11-17-18(27(3)21(31)28(20(17)30)7-9-32-10-8-29)26-19(14(13)2)33-15-5-4-6-16(12-15)34-22(23,24)25/h4-6,12-14,29H,7-11H2,1-3H3/t13-,14?/m1/s1. The van der Waals surface area contributed by atoms with Gasteiger partial charge in [-0.2, -0.15) is 4.99 Å². The minimum atomic E-state index is -4.85. The molecule has 1 aromatic heterocycles. The van der Waals surface area contributed by atoms with Gasteiger partial charge in [-0.3, -0.25) is 13.9 Å². The highest BCUT2D eigenvalue weighted by Gasteiger charge is 2.32. The Morgan fingerprint density at radius 2 is 1.88 bits per heavy atom. The van der Waals surface area contributed by atoms with Crippen molar-refractivity contribution in [2.24, 2.45) is 23.9 Å². The molecule has 1 aromatic carbocycles. The van der Waals surface area contributed by atoms with Gasteiger partial charge in [0.2, 0.25) is 0 Å². The van der Waals surface area contributed by atoms with E-state index in [-0.39, 0.29) is 55.7 Å². The van der Waals surface area contributed by atoms with Gasteiger partial charge < -0.3 is 19.3 Å². The van der Waals surface area contributed by atoms with Crippen molar-refractivity contribution in [3.05, 3.63) is 50.7 Å². The van der Waals surface area contributed by atoms with E-state index in [1.807, 2.05) is 13.8 Å². The van der Waals surface area contributed by atoms with Crippen molar-refractivity contribution < 1.29 is 32.5 Å². The Bertz CT molecular complexity index is 1170. The fourth-order valence-corrected chi connectivity index (χ4v) is 3.58. The molecular weight excluding hydrogens is 459 g/mol. The van der Waals surface area contributed by atoms with Crippen LogP contribution in [0.15, 0.2) is 38.8 Å². The summed E-state index contributed by atoms with van der Waals surface area (Å²) in [5, 5.41) is 8.81. The molecule has 0 bridgehead atoms. The zero-order valence-electron chi connectivity index (χ0n) is 19.0. The minimum Gasteiger partial charge on any atom is -0.442 e. The number of benzene rings is 1. The van der Waals surface area contributed by atoms with Crippen molar-refractivity contribution >= 4 is 11.7 Å². The smallest absolute Gasteiger partial charge is 0.442 e. The topological polar surface area (TPSA) is 104 Å². The summed E-state index contributed by atoms with van der Waals surface area (Å²) in [6, 6.07) is 5.04. The van der Waals surface area contributed by atoms with Crippen molar-refractivity contribution in [1.82, 2.24) is 9.13 Å². The molecule has 0 aliphatic carbocycles. The molecule has 0 saturated carbocycles. The van der Waals surface area contributed by atoms with E-state index in [9.17, 15) is 22.8 Å². The fraction of sp³-hybridized carbons (Fsp3) is 0.500. The number of hydrogen-bond acceptors (Lipinski definition) is 7. The van der Waals surface area contributed by atoms with E-state index in [0.717, 1.165) is 16.7 Å². The van der Waals surface area contributed by atoms with Crippen molar-refractivity contribution in [3.63, 3.8) is 0 Å². The summed E-state index contributed by atoms with van der Waals surface area (Å²) in [6.07, 6.45) is -4.53. The lowest BCUT2D eigenvalue weighted by molar-refractivity contribution is -0.274. The van der Waals surface area contributed by atoms with E-state index in [1.54, 1.807) is 0 Å². The summed E-state index contributed by atoms with van der Waals surface area (Å²) < 4.78 is 54.9. The average Bonchev–Trinajstić information content (AvgIpc) is 2.88. The van der Waals surface area contributed by atoms with Crippen LogP contribution in [0.3, 0.4) is 0 Å². The molecule has 1 aliphatic heterocycles. The zero-order valence-corrected chi connectivity index (χ0v) is 19.0. The Labute approximate surface area is 193 Å². The summed E-state index contributed by atoms with van der Waals surface area (Å²) >= 11 is 0. The molecule has 2 atom stereocenters. The maximum absolute atomic E-state index is 13.1. The SMILES string of the molecule is CC1C(Oc2cccc(OC(F)(F)F)c2)=Nc2c(c(=O)n(CCOCCO)c(=O)n2C)C[C@H]1C. The van der Waals surface area contributed by atoms with Crippen LogP contribution in [0.2, 0.25) is 0 Å². The van der Waals surface area contributed by atoms with Crippen LogP contribution in [-0.4, -0.2) is 46.3 Å². The van der Waals surface area contributed by atoms with E-state index in [0.29, 0.717) is 12.0 Å². The molecule has 1 N–H and O–H groups in total. The molecule has 0 fully saturated rings. The van der Waals surface area contributed by atoms with Crippen LogP contribution in [0, 0.1) is 11.8 Å². The second-order valence-electron chi connectivity index (χ2n) is 7.98. The number of aromatic nitrogens is 2. The Morgan fingerprint density at radius 3 is 2.56 bits per heavy atom. The largest absolute Gasteiger partial charge is 0.573 e. The summed E-state index contributed by atoms with van der Waals surface area (Å²) in [5.74, 6) is -0.513. The highest BCUT2D eigenvalue weighted by Crippen LogP contribution is 2.31. The first-order valence-corrected chi connectivity index (χ1v) is 10.7. The number of halogens is 3. The van der Waals surface area contributed by atoms with Crippen molar-refractivity contribution in [1.29, 1.82) is 0 Å². The number of rotatable bonds is 7. The Hall–Kier alpha value is -3.12. The Kier molecular flexibility index (Phi) is 7.82. The molecule has 12 heteroatoms. The molecule has 0 radical (unpaired) electrons. The second-order valence-corrected chi connectivity index (χ2v) is 7.98. The van der Waals surface area contributed by atoms with Crippen molar-refractivity contribution in [2.75, 3.05) is 19.8 Å². The monoisotopic (exact) mass is 485 g/mol. The van der Waals surface area contributed by atoms with Crippen LogP contribution in [0.1, 0.15) is 19.4 Å². The molecule has 2 heterocycles. The van der Waals surface area contributed by atoms with Gasteiger partial charge in [-0.05, 0) is 24.5 Å². The van der Waals surface area contributed by atoms with Gasteiger partial charge in [0, 0.05) is 19.0 Å². The quantitative estimate of drug-likeness (QED) is 0.604. The van der Waals surface area contributed by atoms with Crippen LogP contribution in [-0.2, 0) is 24.8 Å². The van der Waals surface area contributed by atoms with Crippen LogP contribution in [0.5, 0.6) is 11.5 Å². The van der Waals surface area contributed by atoms with Crippen LogP contribution >= 0.6 is 0 Å². The van der Waals surface area contributed by atoms with Gasteiger partial charge in [-0.15, -0.1) is 13.2 Å². The molecule has 2 aromatic rings. The predicted molar refractivity (Wildman–Crippen MR) is 117 cm³/mol. The van der Waals surface area contributed by atoms with E-state index < -0.39 is 23.4 Å². The van der Waals surface area contributed by atoms with Crippen molar-refractivity contribution in [3.8, 4) is 11.5 Å². The maximum atomic E-state index is 13.1. The second kappa shape index (κ2) is 10.4. The Balaban J connectivity index is 1.99. The van der Waals surface area contributed by atoms with E-state index >= 15 is 0 Å². The number of hydrogen-bond donors (Lipinski definition) is 1. The third kappa shape index (κ3) is 5.86. The lowest BCUT2D eigenvalue weighted by Gasteiger charge is -2.19. The van der Waals surface area contributed by atoms with Gasteiger partial charge in [0.15, 0.2) is 5.90 Å². The minimum absolute atomic E-state index is 0.0157. The Morgan fingerprint density at radius 1 is 1.18 bits per heavy atom. The summed E-state index contributed by atoms with van der Waals surface area (Å²) in [6.45, 7) is 3.73. The number of aliphatic imine (C=N–C) groups is 1. The average molecular weight is 485 g/mol. The molecule has 3 rings (SSSR count). The van der Waals surface area contributed by atoms with E-state index in [1.165, 1.54) is 23.7 Å². The summed E-state index contributed by atoms with van der Waals surface area (Å²) in [5.41, 5.74) is -0.756. The molecular formula is C22H26F3N3O6. The van der Waals surface area contributed by atoms with Gasteiger partial charge in [0.05, 0.1) is 31.9 Å². The number of fused-ring (bicyclic) bond motifs is 1. The summed E-state index contributed by atoms with van der Waals surface area (Å²) in [4.78, 5) is 30.4. The van der Waals surface area contributed by atoms with Gasteiger partial charge in [-0.25, -0.2) is 4.79 Å². The normalized spacial score (nSPS) is 18.1. The molecule has 0 amide bonds. The molecule has 0 spiro atoms. The summed E-state index contributed by atoms with van der Waals surface area (Å²) in [7, 11) is 1.48. The number of alkyl halides is 3. The van der Waals surface area contributed by atoms with Gasteiger partial charge >= 0.3 is 12.1 Å². The lowest BCUT2D eigenvalue weighted by atomic mass is 9.91. The molecule has 186 valence electrons. The van der Waals surface area contributed by atoms with E-state index in [2.05, 4.69) is 9.73 Å². The predicted octanol–water partition coefficient (Wildman–Crippen LogP) is 2.39. The third-order valence-corrected chi connectivity index (χ3v) is 5.55. The van der Waals surface area contributed by atoms with E-state index in [4.69, 9.17) is 14.6 Å². The van der Waals surface area contributed by atoms with Gasteiger partial charge in [0.25, 0.3) is 5.56 Å². The first-order chi connectivity index (χ1) is 16.0. The first kappa shape index (κ1) is 25.5. The molecule has 9 nitrogen and oxygen atoms in total. The molecule has 1 aliphatic rings. The molecule has 0 saturated heterocycles. The van der Waals surface area contributed by atoms with Crippen LogP contribution in [0.25, 0.3) is 0 Å². The maximum Gasteiger partial charge on any atom is 0.573 e. The zero-order chi connectivity index (χ0) is 25.0. The van der Waals surface area contributed by atoms with Gasteiger partial charge in [0.1, 0.15) is 17.3 Å². The molecule has 1 unspecified atom stereocenters. The highest BCUT2D eigenvalue weighted by molar-refractivity contribution is 5.84. The van der Waals surface area contributed by atoms with Crippen LogP contribution in [0.4, 0.5) is 19.0 Å². The first-order valence-electron chi connectivity index (χ1n) is 10.7. The number of aliphatic hydroxyl groups excluding tert-OH is 1. The highest BCUT2D eigenvalue weighted by atomic mass is 19.4. The lowest BCUT2D eigenvalue weighted by Crippen LogP contribution is -2.42. The van der Waals surface area contributed by atoms with Crippen LogP contribution < -0.4 is 20.7 Å². The number of ether oxygens (including phenoxy) is 3. The molecule has 34 heavy (non-hydrogen) atoms. The van der Waals surface area contributed by atoms with Gasteiger partial charge in [-0.1, -0.05) is 19.9 Å². The number of aliphatic hydroxyl groups is 1. The van der Waals surface area contributed by atoms with Crippen molar-refractivity contribution in [2.45, 2.75) is 33.2 Å².